The van der Waals surface area contributed by atoms with Crippen molar-refractivity contribution < 1.29 is 8.42 Å². The highest BCUT2D eigenvalue weighted by molar-refractivity contribution is 7.94. The zero-order chi connectivity index (χ0) is 19.6. The first-order chi connectivity index (χ1) is 13.5. The summed E-state index contributed by atoms with van der Waals surface area (Å²) in [6.45, 7) is 1.99. The quantitative estimate of drug-likeness (QED) is 0.483. The van der Waals surface area contributed by atoms with Gasteiger partial charge < -0.3 is 5.32 Å². The maximum Gasteiger partial charge on any atom is 0.272 e. The number of nitrogens with one attached hydrogen (secondary N) is 2. The second-order valence-electron chi connectivity index (χ2n) is 6.22. The average molecular weight is 411 g/mol. The topological polar surface area (TPSA) is 84.0 Å². The number of aromatic nitrogens is 2. The number of hydrogen-bond acceptors (Lipinski definition) is 6. The van der Waals surface area contributed by atoms with E-state index in [2.05, 4.69) is 20.0 Å². The molecule has 142 valence electrons. The normalized spacial score (nSPS) is 12.6. The minimum atomic E-state index is -3.74. The van der Waals surface area contributed by atoms with Crippen LogP contribution >= 0.6 is 11.3 Å². The number of thiophene rings is 1. The van der Waals surface area contributed by atoms with E-state index in [0.717, 1.165) is 16.9 Å². The molecule has 4 rings (SSSR count). The largest absolute Gasteiger partial charge is 0.360 e. The van der Waals surface area contributed by atoms with E-state index in [1.807, 2.05) is 55.5 Å². The van der Waals surface area contributed by atoms with E-state index < -0.39 is 10.0 Å². The van der Waals surface area contributed by atoms with Gasteiger partial charge in [-0.2, -0.15) is 0 Å². The Bertz CT molecular complexity index is 1190. The third-order valence-electron chi connectivity index (χ3n) is 4.21. The second kappa shape index (κ2) is 7.57. The summed E-state index contributed by atoms with van der Waals surface area (Å²) in [4.78, 5) is 9.12. The lowest BCUT2D eigenvalue weighted by molar-refractivity contribution is 0.603. The van der Waals surface area contributed by atoms with Crippen LogP contribution in [0.25, 0.3) is 11.0 Å². The van der Waals surface area contributed by atoms with Gasteiger partial charge >= 0.3 is 0 Å². The Morgan fingerprint density at radius 2 is 1.50 bits per heavy atom. The van der Waals surface area contributed by atoms with E-state index >= 15 is 0 Å². The maximum absolute atomic E-state index is 12.7. The Labute approximate surface area is 167 Å². The summed E-state index contributed by atoms with van der Waals surface area (Å²) in [5.41, 5.74) is 2.36. The van der Waals surface area contributed by atoms with Crippen molar-refractivity contribution in [3.63, 3.8) is 0 Å². The number of rotatable bonds is 6. The van der Waals surface area contributed by atoms with Gasteiger partial charge in [0.2, 0.25) is 0 Å². The molecule has 2 heterocycles. The summed E-state index contributed by atoms with van der Waals surface area (Å²) in [6.07, 6.45) is 0. The van der Waals surface area contributed by atoms with Crippen molar-refractivity contribution in [2.24, 2.45) is 0 Å². The molecule has 8 heteroatoms. The number of benzene rings is 2. The first-order valence-corrected chi connectivity index (χ1v) is 11.0. The molecular weight excluding hydrogens is 392 g/mol. The van der Waals surface area contributed by atoms with Crippen LogP contribution in [0, 0.1) is 0 Å². The molecule has 2 aromatic carbocycles. The lowest BCUT2D eigenvalue weighted by atomic mass is 10.1. The number of fused-ring (bicyclic) bond motifs is 1. The molecule has 0 saturated carbocycles. The predicted molar refractivity (Wildman–Crippen MR) is 113 cm³/mol. The fraction of sp³-hybridized carbons (Fsp3) is 0.100. The molecule has 1 atom stereocenters. The summed E-state index contributed by atoms with van der Waals surface area (Å²) in [5.74, 6) is 0.560. The van der Waals surface area contributed by atoms with E-state index in [1.165, 1.54) is 0 Å². The van der Waals surface area contributed by atoms with Crippen molar-refractivity contribution in [3.05, 3.63) is 77.7 Å². The van der Waals surface area contributed by atoms with Crippen molar-refractivity contribution in [1.29, 1.82) is 0 Å². The number of para-hydroxylation sites is 2. The van der Waals surface area contributed by atoms with Crippen LogP contribution in [-0.2, 0) is 10.0 Å². The van der Waals surface area contributed by atoms with E-state index in [-0.39, 0.29) is 16.1 Å². The molecule has 0 spiro atoms. The van der Waals surface area contributed by atoms with E-state index in [1.54, 1.807) is 23.6 Å². The van der Waals surface area contributed by atoms with Crippen molar-refractivity contribution in [2.45, 2.75) is 17.2 Å². The van der Waals surface area contributed by atoms with Gasteiger partial charge in [0.15, 0.2) is 11.6 Å². The Morgan fingerprint density at radius 3 is 2.14 bits per heavy atom. The van der Waals surface area contributed by atoms with E-state index in [0.29, 0.717) is 16.9 Å². The van der Waals surface area contributed by atoms with Gasteiger partial charge in [-0.15, -0.1) is 11.3 Å². The van der Waals surface area contributed by atoms with Crippen molar-refractivity contribution in [2.75, 3.05) is 10.0 Å². The molecule has 0 aliphatic rings. The predicted octanol–water partition coefficient (Wildman–Crippen LogP) is 4.67. The fourth-order valence-electron chi connectivity index (χ4n) is 2.80. The standard InChI is InChI=1S/C20H18N4O2S2/c1-14(15-8-3-2-4-9-15)21-19-20(23-17-11-6-5-10-16(17)22-19)24-28(25,26)18-12-7-13-27-18/h2-14H,1H3,(H,21,22)(H,23,24)/t14-/m0/s1. The van der Waals surface area contributed by atoms with Gasteiger partial charge in [0.1, 0.15) is 4.21 Å². The van der Waals surface area contributed by atoms with Gasteiger partial charge in [0.05, 0.1) is 17.1 Å². The third-order valence-corrected chi connectivity index (χ3v) is 6.95. The summed E-state index contributed by atoms with van der Waals surface area (Å²) >= 11 is 1.15. The SMILES string of the molecule is C[C@H](Nc1nc2ccccc2nc1NS(=O)(=O)c1cccs1)c1ccccc1. The summed E-state index contributed by atoms with van der Waals surface area (Å²) in [6, 6.07) is 20.4. The lowest BCUT2D eigenvalue weighted by Gasteiger charge is -2.18. The molecule has 28 heavy (non-hydrogen) atoms. The molecule has 0 amide bonds. The van der Waals surface area contributed by atoms with Crippen LogP contribution in [0.15, 0.2) is 76.3 Å². The Balaban J connectivity index is 1.74. The van der Waals surface area contributed by atoms with Crippen molar-refractivity contribution in [1.82, 2.24) is 9.97 Å². The van der Waals surface area contributed by atoms with Crippen LogP contribution in [0.3, 0.4) is 0 Å². The van der Waals surface area contributed by atoms with E-state index in [9.17, 15) is 8.42 Å². The highest BCUT2D eigenvalue weighted by Gasteiger charge is 2.20. The Hall–Kier alpha value is -2.97. The van der Waals surface area contributed by atoms with Gasteiger partial charge in [0, 0.05) is 0 Å². The zero-order valence-corrected chi connectivity index (χ0v) is 16.7. The van der Waals surface area contributed by atoms with Gasteiger partial charge in [0.25, 0.3) is 10.0 Å². The molecule has 0 bridgehead atoms. The van der Waals surface area contributed by atoms with Crippen LogP contribution in [0.1, 0.15) is 18.5 Å². The van der Waals surface area contributed by atoms with Gasteiger partial charge in [-0.25, -0.2) is 18.4 Å². The molecule has 0 unspecified atom stereocenters. The highest BCUT2D eigenvalue weighted by Crippen LogP contribution is 2.28. The molecule has 2 N–H and O–H groups in total. The van der Waals surface area contributed by atoms with Crippen molar-refractivity contribution in [3.8, 4) is 0 Å². The van der Waals surface area contributed by atoms with Gasteiger partial charge in [-0.05, 0) is 36.1 Å². The zero-order valence-electron chi connectivity index (χ0n) is 15.0. The number of sulfonamides is 1. The number of anilines is 2. The third kappa shape index (κ3) is 3.83. The molecule has 6 nitrogen and oxygen atoms in total. The molecule has 0 radical (unpaired) electrons. The van der Waals surface area contributed by atoms with E-state index in [4.69, 9.17) is 0 Å². The minimum Gasteiger partial charge on any atom is -0.360 e. The van der Waals surface area contributed by atoms with Crippen LogP contribution in [0.4, 0.5) is 11.6 Å². The van der Waals surface area contributed by atoms with Crippen molar-refractivity contribution >= 4 is 44.0 Å². The van der Waals surface area contributed by atoms with Crippen LogP contribution in [0.2, 0.25) is 0 Å². The Morgan fingerprint density at radius 1 is 0.857 bits per heavy atom. The number of nitrogens with zero attached hydrogens (tertiary/aromatic N) is 2. The minimum absolute atomic E-state index is 0.0818. The number of hydrogen-bond donors (Lipinski definition) is 2. The molecule has 0 fully saturated rings. The monoisotopic (exact) mass is 410 g/mol. The van der Waals surface area contributed by atoms with Crippen LogP contribution in [0.5, 0.6) is 0 Å². The molecule has 4 aromatic rings. The molecule has 0 aliphatic heterocycles. The van der Waals surface area contributed by atoms with Crippen LogP contribution in [-0.4, -0.2) is 18.4 Å². The first-order valence-electron chi connectivity index (χ1n) is 8.67. The fourth-order valence-corrected chi connectivity index (χ4v) is 4.80. The maximum atomic E-state index is 12.7. The van der Waals surface area contributed by atoms with Gasteiger partial charge in [-0.1, -0.05) is 48.5 Å². The lowest BCUT2D eigenvalue weighted by Crippen LogP contribution is -2.17. The molecular formula is C20H18N4O2S2. The molecule has 2 aromatic heterocycles. The van der Waals surface area contributed by atoms with Gasteiger partial charge in [-0.3, -0.25) is 4.72 Å². The molecule has 0 saturated heterocycles. The average Bonchev–Trinajstić information content (AvgIpc) is 3.25. The summed E-state index contributed by atoms with van der Waals surface area (Å²) in [7, 11) is -3.74. The summed E-state index contributed by atoms with van der Waals surface area (Å²) in [5, 5.41) is 5.01. The summed E-state index contributed by atoms with van der Waals surface area (Å²) < 4.78 is 28.2. The Kier molecular flexibility index (Phi) is 4.97. The highest BCUT2D eigenvalue weighted by atomic mass is 32.2. The molecule has 0 aliphatic carbocycles. The first kappa shape index (κ1) is 18.4. The smallest absolute Gasteiger partial charge is 0.272 e. The van der Waals surface area contributed by atoms with Crippen LogP contribution < -0.4 is 10.0 Å². The second-order valence-corrected chi connectivity index (χ2v) is 9.08.